The van der Waals surface area contributed by atoms with Gasteiger partial charge in [-0.3, -0.25) is 4.99 Å². The Labute approximate surface area is 73.1 Å². The van der Waals surface area contributed by atoms with Crippen molar-refractivity contribution in [1.82, 2.24) is 0 Å². The first kappa shape index (κ1) is 7.53. The minimum atomic E-state index is 0.874. The number of rotatable bonds is 1. The lowest BCUT2D eigenvalue weighted by molar-refractivity contribution is 0.995. The van der Waals surface area contributed by atoms with Gasteiger partial charge in [-0.1, -0.05) is 12.1 Å². The first-order valence-electron chi connectivity index (χ1n) is 4.34. The van der Waals surface area contributed by atoms with Crippen LogP contribution in [0, 0.1) is 6.92 Å². The van der Waals surface area contributed by atoms with E-state index in [-0.39, 0.29) is 0 Å². The van der Waals surface area contributed by atoms with Crippen molar-refractivity contribution in [1.29, 1.82) is 0 Å². The summed E-state index contributed by atoms with van der Waals surface area (Å²) >= 11 is 0. The second-order valence-electron chi connectivity index (χ2n) is 3.02. The molecule has 0 aromatic heterocycles. The molecule has 0 spiro atoms. The number of hydrogen-bond donors (Lipinski definition) is 0. The molecule has 1 radical (unpaired) electrons. The van der Waals surface area contributed by atoms with Crippen molar-refractivity contribution >= 4 is 11.9 Å². The predicted molar refractivity (Wildman–Crippen MR) is 52.0 cm³/mol. The molecule has 0 atom stereocenters. The molecular formula is C11H12N. The van der Waals surface area contributed by atoms with Crippen LogP contribution in [0.1, 0.15) is 17.5 Å². The number of hydrogen-bond acceptors (Lipinski definition) is 1. The summed E-state index contributed by atoms with van der Waals surface area (Å²) in [6.07, 6.45) is 5.07. The molecule has 0 fully saturated rings. The molecule has 1 aliphatic heterocycles. The van der Waals surface area contributed by atoms with E-state index in [1.54, 1.807) is 0 Å². The average Bonchev–Trinajstić information content (AvgIpc) is 2.17. The van der Waals surface area contributed by atoms with Gasteiger partial charge in [0.25, 0.3) is 0 Å². The summed E-state index contributed by atoms with van der Waals surface area (Å²) in [5.41, 5.74) is 3.89. The summed E-state index contributed by atoms with van der Waals surface area (Å²) in [4.78, 5) is 4.35. The second kappa shape index (κ2) is 3.10. The van der Waals surface area contributed by atoms with E-state index in [4.69, 9.17) is 0 Å². The fourth-order valence-electron chi connectivity index (χ4n) is 1.64. The van der Waals surface area contributed by atoms with Crippen molar-refractivity contribution in [3.05, 3.63) is 36.2 Å². The molecule has 0 aliphatic carbocycles. The summed E-state index contributed by atoms with van der Waals surface area (Å²) in [6, 6.07) is 6.28. The zero-order chi connectivity index (χ0) is 8.39. The summed E-state index contributed by atoms with van der Waals surface area (Å²) in [7, 11) is 0. The zero-order valence-electron chi connectivity index (χ0n) is 7.09. The Bertz CT molecular complexity index is 313. The molecule has 1 aromatic carbocycles. The van der Waals surface area contributed by atoms with Crippen molar-refractivity contribution in [3.8, 4) is 0 Å². The Morgan fingerprint density at radius 1 is 1.42 bits per heavy atom. The van der Waals surface area contributed by atoms with Gasteiger partial charge in [0.15, 0.2) is 0 Å². The zero-order valence-corrected chi connectivity index (χ0v) is 7.09. The average molecular weight is 158 g/mol. The molecule has 1 heterocycles. The first-order valence-corrected chi connectivity index (χ1v) is 4.34. The van der Waals surface area contributed by atoms with Crippen molar-refractivity contribution < 1.29 is 0 Å². The number of benzene rings is 1. The Morgan fingerprint density at radius 3 is 3.17 bits per heavy atom. The number of nitrogens with zero attached hydrogens (tertiary/aromatic N) is 1. The normalized spacial score (nSPS) is 14.4. The van der Waals surface area contributed by atoms with E-state index in [0.717, 1.165) is 24.9 Å². The largest absolute Gasteiger partial charge is 0.261 e. The lowest BCUT2D eigenvalue weighted by atomic mass is 9.98. The second-order valence-corrected chi connectivity index (χ2v) is 3.02. The Morgan fingerprint density at radius 2 is 2.33 bits per heavy atom. The molecule has 0 bridgehead atoms. The molecule has 1 aliphatic rings. The molecule has 61 valence electrons. The molecule has 12 heavy (non-hydrogen) atoms. The fourth-order valence-corrected chi connectivity index (χ4v) is 1.64. The van der Waals surface area contributed by atoms with Crippen LogP contribution in [0.2, 0.25) is 0 Å². The minimum absolute atomic E-state index is 0.874. The molecular weight excluding hydrogens is 146 g/mol. The van der Waals surface area contributed by atoms with Crippen LogP contribution in [0.15, 0.2) is 23.2 Å². The third-order valence-corrected chi connectivity index (χ3v) is 2.27. The topological polar surface area (TPSA) is 12.4 Å². The van der Waals surface area contributed by atoms with Crippen molar-refractivity contribution in [2.24, 2.45) is 4.99 Å². The third kappa shape index (κ3) is 1.15. The first-order chi connectivity index (χ1) is 5.92. The molecule has 0 saturated heterocycles. The molecule has 0 saturated carbocycles. The van der Waals surface area contributed by atoms with E-state index in [2.05, 4.69) is 30.1 Å². The van der Waals surface area contributed by atoms with E-state index in [9.17, 15) is 0 Å². The molecule has 2 rings (SSSR count). The van der Waals surface area contributed by atoms with Gasteiger partial charge in [-0.25, -0.2) is 0 Å². The third-order valence-electron chi connectivity index (χ3n) is 2.27. The Balaban J connectivity index is 2.53. The van der Waals surface area contributed by atoms with Gasteiger partial charge in [0.05, 0.1) is 5.69 Å². The van der Waals surface area contributed by atoms with Crippen LogP contribution in [0.4, 0.5) is 5.69 Å². The summed E-state index contributed by atoms with van der Waals surface area (Å²) < 4.78 is 0. The maximum Gasteiger partial charge on any atom is 0.0660 e. The standard InChI is InChI=1S/C11H12N/c1-2-9-5-3-7-11-10(9)6-4-8-12-11/h3,5,7-8H,1-2,4,6H2. The highest BCUT2D eigenvalue weighted by Gasteiger charge is 2.08. The molecule has 1 heteroatoms. The molecule has 1 aromatic rings. The Hall–Kier alpha value is -1.11. The summed E-state index contributed by atoms with van der Waals surface area (Å²) in [5, 5.41) is 0. The summed E-state index contributed by atoms with van der Waals surface area (Å²) in [5.74, 6) is 0. The lowest BCUT2D eigenvalue weighted by Crippen LogP contribution is -1.98. The molecule has 0 amide bonds. The van der Waals surface area contributed by atoms with Gasteiger partial charge in [-0.05, 0) is 43.4 Å². The van der Waals surface area contributed by atoms with Gasteiger partial charge in [-0.15, -0.1) is 0 Å². The van der Waals surface area contributed by atoms with E-state index < -0.39 is 0 Å². The van der Waals surface area contributed by atoms with Crippen LogP contribution >= 0.6 is 0 Å². The quantitative estimate of drug-likeness (QED) is 0.596. The highest BCUT2D eigenvalue weighted by Crippen LogP contribution is 2.26. The van der Waals surface area contributed by atoms with Crippen LogP contribution in [-0.2, 0) is 12.8 Å². The smallest absolute Gasteiger partial charge is 0.0660 e. The molecule has 0 N–H and O–H groups in total. The van der Waals surface area contributed by atoms with E-state index in [1.165, 1.54) is 11.1 Å². The van der Waals surface area contributed by atoms with Gasteiger partial charge in [0.1, 0.15) is 0 Å². The van der Waals surface area contributed by atoms with E-state index in [1.807, 2.05) is 6.21 Å². The van der Waals surface area contributed by atoms with Crippen LogP contribution in [0.5, 0.6) is 0 Å². The number of aliphatic imine (C=N–C) groups is 1. The predicted octanol–water partition coefficient (Wildman–Crippen LogP) is 2.71. The Kier molecular flexibility index (Phi) is 1.94. The van der Waals surface area contributed by atoms with Crippen LogP contribution in [0.3, 0.4) is 0 Å². The van der Waals surface area contributed by atoms with Crippen LogP contribution in [-0.4, -0.2) is 6.21 Å². The van der Waals surface area contributed by atoms with Gasteiger partial charge in [-0.2, -0.15) is 0 Å². The van der Waals surface area contributed by atoms with Crippen LogP contribution < -0.4 is 0 Å². The molecule has 1 nitrogen and oxygen atoms in total. The van der Waals surface area contributed by atoms with Crippen molar-refractivity contribution in [2.45, 2.75) is 19.3 Å². The highest BCUT2D eigenvalue weighted by molar-refractivity contribution is 5.69. The summed E-state index contributed by atoms with van der Waals surface area (Å²) in [6.45, 7) is 3.91. The fraction of sp³-hybridized carbons (Fsp3) is 0.273. The monoisotopic (exact) mass is 158 g/mol. The van der Waals surface area contributed by atoms with E-state index >= 15 is 0 Å². The maximum atomic E-state index is 4.35. The van der Waals surface area contributed by atoms with Gasteiger partial charge in [0, 0.05) is 6.21 Å². The van der Waals surface area contributed by atoms with Crippen molar-refractivity contribution in [2.75, 3.05) is 0 Å². The maximum absolute atomic E-state index is 4.35. The number of fused-ring (bicyclic) bond motifs is 1. The highest BCUT2D eigenvalue weighted by atomic mass is 14.7. The van der Waals surface area contributed by atoms with Gasteiger partial charge >= 0.3 is 0 Å². The SMILES string of the molecule is [CH2]Cc1cccc2c1CCC=N2. The van der Waals surface area contributed by atoms with Crippen LogP contribution in [0.25, 0.3) is 0 Å². The van der Waals surface area contributed by atoms with E-state index in [0.29, 0.717) is 0 Å². The van der Waals surface area contributed by atoms with Gasteiger partial charge < -0.3 is 0 Å². The molecule has 0 unspecified atom stereocenters. The minimum Gasteiger partial charge on any atom is -0.261 e. The van der Waals surface area contributed by atoms with Crippen molar-refractivity contribution in [3.63, 3.8) is 0 Å². The van der Waals surface area contributed by atoms with Gasteiger partial charge in [0.2, 0.25) is 0 Å². The lowest BCUT2D eigenvalue weighted by Gasteiger charge is -2.12.